The fraction of sp³-hybridized carbons (Fsp3) is 0.368. The second-order valence-electron chi connectivity index (χ2n) is 6.93. The molecular formula is C19H22FN5O2S. The SMILES string of the molecule is COc1cc(N2CCNC(C)C2)sc1C(=O)Nc1cc(F)c2nc(C)cn2c1. The molecule has 1 fully saturated rings. The number of nitrogens with zero attached hydrogens (tertiary/aromatic N) is 3. The minimum absolute atomic E-state index is 0.235. The number of hydrogen-bond donors (Lipinski definition) is 2. The molecule has 3 aromatic heterocycles. The zero-order chi connectivity index (χ0) is 19.8. The van der Waals surface area contributed by atoms with Crippen molar-refractivity contribution in [3.8, 4) is 5.75 Å². The van der Waals surface area contributed by atoms with Crippen molar-refractivity contribution >= 4 is 33.6 Å². The van der Waals surface area contributed by atoms with Crippen molar-refractivity contribution in [3.05, 3.63) is 40.9 Å². The first-order valence-electron chi connectivity index (χ1n) is 9.07. The average molecular weight is 403 g/mol. The number of hydrogen-bond acceptors (Lipinski definition) is 6. The van der Waals surface area contributed by atoms with Crippen LogP contribution in [0.3, 0.4) is 0 Å². The van der Waals surface area contributed by atoms with Gasteiger partial charge in [-0.1, -0.05) is 0 Å². The molecular weight excluding hydrogens is 381 g/mol. The summed E-state index contributed by atoms with van der Waals surface area (Å²) < 4.78 is 21.3. The molecule has 9 heteroatoms. The molecule has 3 aromatic rings. The standard InChI is InChI=1S/C19H22FN5O2S/c1-11-8-24(5-4-21-11)16-7-15(27-3)17(28-16)19(26)23-13-6-14(20)18-22-12(2)9-25(18)10-13/h6-7,9-11,21H,4-5,8H2,1-3H3,(H,23,26). The van der Waals surface area contributed by atoms with E-state index in [9.17, 15) is 9.18 Å². The summed E-state index contributed by atoms with van der Waals surface area (Å²) in [6.07, 6.45) is 3.36. The summed E-state index contributed by atoms with van der Waals surface area (Å²) >= 11 is 1.38. The van der Waals surface area contributed by atoms with E-state index in [-0.39, 0.29) is 11.6 Å². The lowest BCUT2D eigenvalue weighted by Crippen LogP contribution is -2.49. The molecule has 0 aliphatic carbocycles. The molecule has 0 bridgehead atoms. The number of fused-ring (bicyclic) bond motifs is 1. The number of carbonyl (C=O) groups excluding carboxylic acids is 1. The molecule has 28 heavy (non-hydrogen) atoms. The van der Waals surface area contributed by atoms with Gasteiger partial charge in [-0.25, -0.2) is 9.37 Å². The van der Waals surface area contributed by atoms with Crippen molar-refractivity contribution in [1.82, 2.24) is 14.7 Å². The number of carbonyl (C=O) groups is 1. The predicted molar refractivity (Wildman–Crippen MR) is 108 cm³/mol. The Labute approximate surface area is 166 Å². The van der Waals surface area contributed by atoms with Crippen LogP contribution in [0.4, 0.5) is 15.1 Å². The van der Waals surface area contributed by atoms with Crippen LogP contribution in [0, 0.1) is 12.7 Å². The molecule has 1 aliphatic rings. The molecule has 2 N–H and O–H groups in total. The molecule has 0 aromatic carbocycles. The minimum Gasteiger partial charge on any atom is -0.495 e. The molecule has 0 radical (unpaired) electrons. The predicted octanol–water partition coefficient (Wildman–Crippen LogP) is 2.90. The summed E-state index contributed by atoms with van der Waals surface area (Å²) in [6.45, 7) is 6.56. The van der Waals surface area contributed by atoms with Gasteiger partial charge in [0.1, 0.15) is 10.6 Å². The molecule has 1 amide bonds. The quantitative estimate of drug-likeness (QED) is 0.701. The lowest BCUT2D eigenvalue weighted by atomic mass is 10.2. The number of nitrogens with one attached hydrogen (secondary N) is 2. The fourth-order valence-corrected chi connectivity index (χ4v) is 4.45. The highest BCUT2D eigenvalue weighted by Crippen LogP contribution is 2.36. The number of ether oxygens (including phenoxy) is 1. The highest BCUT2D eigenvalue weighted by atomic mass is 32.1. The van der Waals surface area contributed by atoms with Crippen LogP contribution >= 0.6 is 11.3 Å². The number of halogens is 1. The maximum Gasteiger partial charge on any atom is 0.269 e. The summed E-state index contributed by atoms with van der Waals surface area (Å²) in [5.41, 5.74) is 1.30. The molecule has 0 spiro atoms. The van der Waals surface area contributed by atoms with Crippen LogP contribution in [0.5, 0.6) is 5.75 Å². The topological polar surface area (TPSA) is 70.9 Å². The molecule has 1 aliphatic heterocycles. The number of thiophene rings is 1. The van der Waals surface area contributed by atoms with Crippen LogP contribution in [0.15, 0.2) is 24.5 Å². The first-order valence-corrected chi connectivity index (χ1v) is 9.88. The van der Waals surface area contributed by atoms with Crippen molar-refractivity contribution in [3.63, 3.8) is 0 Å². The monoisotopic (exact) mass is 403 g/mol. The third-order valence-electron chi connectivity index (χ3n) is 4.68. The van der Waals surface area contributed by atoms with Crippen molar-refractivity contribution in [2.45, 2.75) is 19.9 Å². The zero-order valence-electron chi connectivity index (χ0n) is 16.0. The summed E-state index contributed by atoms with van der Waals surface area (Å²) in [6, 6.07) is 3.55. The third-order valence-corrected chi connectivity index (χ3v) is 5.85. The van der Waals surface area contributed by atoms with Crippen LogP contribution in [0.25, 0.3) is 5.65 Å². The van der Waals surface area contributed by atoms with Gasteiger partial charge in [0.25, 0.3) is 5.91 Å². The summed E-state index contributed by atoms with van der Waals surface area (Å²) in [7, 11) is 1.54. The molecule has 7 nitrogen and oxygen atoms in total. The zero-order valence-corrected chi connectivity index (χ0v) is 16.8. The largest absolute Gasteiger partial charge is 0.495 e. The normalized spacial score (nSPS) is 17.1. The van der Waals surface area contributed by atoms with Gasteiger partial charge in [0.2, 0.25) is 0 Å². The first-order chi connectivity index (χ1) is 13.4. The number of amides is 1. The van der Waals surface area contributed by atoms with Gasteiger partial charge in [0.05, 0.1) is 23.5 Å². The van der Waals surface area contributed by atoms with Gasteiger partial charge < -0.3 is 24.7 Å². The number of imidazole rings is 1. The number of piperazine rings is 1. The fourth-order valence-electron chi connectivity index (χ4n) is 3.40. The van der Waals surface area contributed by atoms with Gasteiger partial charge in [-0.3, -0.25) is 4.79 Å². The number of rotatable bonds is 4. The molecule has 1 atom stereocenters. The summed E-state index contributed by atoms with van der Waals surface area (Å²) in [5.74, 6) is -0.296. The molecule has 1 saturated heterocycles. The van der Waals surface area contributed by atoms with Gasteiger partial charge in [-0.05, 0) is 13.8 Å². The van der Waals surface area contributed by atoms with Gasteiger partial charge in [-0.2, -0.15) is 0 Å². The van der Waals surface area contributed by atoms with Crippen LogP contribution in [-0.2, 0) is 0 Å². The van der Waals surface area contributed by atoms with Gasteiger partial charge in [0.15, 0.2) is 11.5 Å². The van der Waals surface area contributed by atoms with E-state index in [4.69, 9.17) is 4.74 Å². The first kappa shape index (κ1) is 18.7. The van der Waals surface area contributed by atoms with E-state index in [1.54, 1.807) is 30.8 Å². The summed E-state index contributed by atoms with van der Waals surface area (Å²) in [5, 5.41) is 7.16. The van der Waals surface area contributed by atoms with E-state index in [1.165, 1.54) is 17.4 Å². The van der Waals surface area contributed by atoms with Crippen LogP contribution in [0.2, 0.25) is 0 Å². The van der Waals surface area contributed by atoms with E-state index < -0.39 is 5.82 Å². The van der Waals surface area contributed by atoms with Crippen LogP contribution in [0.1, 0.15) is 22.3 Å². The van der Waals surface area contributed by atoms with Gasteiger partial charge >= 0.3 is 0 Å². The van der Waals surface area contributed by atoms with E-state index in [2.05, 4.69) is 27.4 Å². The van der Waals surface area contributed by atoms with Crippen LogP contribution < -0.4 is 20.3 Å². The number of aryl methyl sites for hydroxylation is 1. The van der Waals surface area contributed by atoms with E-state index >= 15 is 0 Å². The van der Waals surface area contributed by atoms with Crippen molar-refractivity contribution in [1.29, 1.82) is 0 Å². The molecule has 4 rings (SSSR count). The number of aromatic nitrogens is 2. The van der Waals surface area contributed by atoms with E-state index in [1.807, 2.05) is 6.07 Å². The maximum atomic E-state index is 14.3. The number of methoxy groups -OCH3 is 1. The Morgan fingerprint density at radius 3 is 3.00 bits per heavy atom. The maximum absolute atomic E-state index is 14.3. The van der Waals surface area contributed by atoms with Gasteiger partial charge in [0, 0.05) is 50.2 Å². The summed E-state index contributed by atoms with van der Waals surface area (Å²) in [4.78, 5) is 19.7. The highest BCUT2D eigenvalue weighted by Gasteiger charge is 2.23. The number of anilines is 2. The Morgan fingerprint density at radius 2 is 2.25 bits per heavy atom. The van der Waals surface area contributed by atoms with Crippen molar-refractivity contribution in [2.24, 2.45) is 0 Å². The Bertz CT molecular complexity index is 1030. The second kappa shape index (κ2) is 7.40. The Kier molecular flexibility index (Phi) is 4.94. The van der Waals surface area contributed by atoms with E-state index in [0.717, 1.165) is 24.6 Å². The second-order valence-corrected chi connectivity index (χ2v) is 7.96. The Balaban J connectivity index is 1.59. The molecule has 1 unspecified atom stereocenters. The molecule has 4 heterocycles. The molecule has 148 valence electrons. The highest BCUT2D eigenvalue weighted by molar-refractivity contribution is 7.18. The molecule has 0 saturated carbocycles. The number of pyridine rings is 1. The van der Waals surface area contributed by atoms with Crippen molar-refractivity contribution in [2.75, 3.05) is 37.0 Å². The van der Waals surface area contributed by atoms with Crippen LogP contribution in [-0.4, -0.2) is 48.1 Å². The van der Waals surface area contributed by atoms with E-state index in [0.29, 0.717) is 28.0 Å². The average Bonchev–Trinajstić information content (AvgIpc) is 3.25. The minimum atomic E-state index is -0.487. The Hall–Kier alpha value is -2.65. The van der Waals surface area contributed by atoms with Gasteiger partial charge in [-0.15, -0.1) is 11.3 Å². The lowest BCUT2D eigenvalue weighted by Gasteiger charge is -2.32. The van der Waals surface area contributed by atoms with Crippen molar-refractivity contribution < 1.29 is 13.9 Å². The smallest absolute Gasteiger partial charge is 0.269 e. The third kappa shape index (κ3) is 3.55. The lowest BCUT2D eigenvalue weighted by molar-refractivity contribution is 0.102. The Morgan fingerprint density at radius 1 is 1.43 bits per heavy atom.